The molecule has 37 heavy (non-hydrogen) atoms. The first-order chi connectivity index (χ1) is 18.3. The van der Waals surface area contributed by atoms with E-state index < -0.39 is 0 Å². The number of aromatic hydroxyl groups is 1. The lowest BCUT2D eigenvalue weighted by atomic mass is 9.85. The second-order valence-electron chi connectivity index (χ2n) is 9.15. The van der Waals surface area contributed by atoms with Crippen LogP contribution < -0.4 is 0 Å². The lowest BCUT2D eigenvalue weighted by Crippen LogP contribution is -1.91. The van der Waals surface area contributed by atoms with Crippen LogP contribution >= 0.6 is 0 Å². The van der Waals surface area contributed by atoms with Gasteiger partial charge in [0.2, 0.25) is 0 Å². The molecule has 1 heteroatoms. The van der Waals surface area contributed by atoms with Crippen LogP contribution in [0, 0.1) is 0 Å². The summed E-state index contributed by atoms with van der Waals surface area (Å²) < 4.78 is 0. The van der Waals surface area contributed by atoms with Gasteiger partial charge in [-0.1, -0.05) is 117 Å². The minimum Gasteiger partial charge on any atom is -0.508 e. The molecule has 0 fully saturated rings. The Balaban J connectivity index is 0.00000123. The molecule has 0 saturated carbocycles. The van der Waals surface area contributed by atoms with Gasteiger partial charge in [0, 0.05) is 0 Å². The van der Waals surface area contributed by atoms with Crippen LogP contribution in [0.4, 0.5) is 0 Å². The fraction of sp³-hybridized carbons (Fsp3) is 0.0556. The van der Waals surface area contributed by atoms with E-state index in [1.54, 1.807) is 6.07 Å². The Morgan fingerprint density at radius 2 is 0.757 bits per heavy atom. The predicted octanol–water partition coefficient (Wildman–Crippen LogP) is 10.4. The second-order valence-corrected chi connectivity index (χ2v) is 9.15. The first kappa shape index (κ1) is 22.8. The topological polar surface area (TPSA) is 20.2 Å². The summed E-state index contributed by atoms with van der Waals surface area (Å²) in [6.45, 7) is 4.00. The lowest BCUT2D eigenvalue weighted by Gasteiger charge is -2.18. The molecular weight excluding hydrogens is 448 g/mol. The SMILES string of the molecule is CC.Oc1ccc2cc(-c3c4ccccc4c(-c4ccc5ccccc5c4)c4ccccc34)ccc2c1. The van der Waals surface area contributed by atoms with Gasteiger partial charge >= 0.3 is 0 Å². The molecule has 0 aromatic heterocycles. The summed E-state index contributed by atoms with van der Waals surface area (Å²) in [4.78, 5) is 0. The molecular formula is C36H28O. The summed E-state index contributed by atoms with van der Waals surface area (Å²) in [6.07, 6.45) is 0. The molecule has 178 valence electrons. The van der Waals surface area contributed by atoms with Crippen molar-refractivity contribution in [1.29, 1.82) is 0 Å². The zero-order chi connectivity index (χ0) is 25.4. The fourth-order valence-corrected chi connectivity index (χ4v) is 5.48. The Kier molecular flexibility index (Phi) is 5.82. The second kappa shape index (κ2) is 9.44. The quantitative estimate of drug-likeness (QED) is 0.246. The molecule has 7 aromatic rings. The van der Waals surface area contributed by atoms with Crippen molar-refractivity contribution in [3.05, 3.63) is 127 Å². The summed E-state index contributed by atoms with van der Waals surface area (Å²) in [7, 11) is 0. The van der Waals surface area contributed by atoms with Crippen LogP contribution in [-0.4, -0.2) is 5.11 Å². The molecule has 7 aromatic carbocycles. The maximum atomic E-state index is 9.90. The first-order valence-electron chi connectivity index (χ1n) is 12.9. The average Bonchev–Trinajstić information content (AvgIpc) is 2.96. The Labute approximate surface area is 217 Å². The Hall–Kier alpha value is -4.62. The number of phenols is 1. The van der Waals surface area contributed by atoms with E-state index in [0.717, 1.165) is 10.8 Å². The number of fused-ring (bicyclic) bond motifs is 4. The standard InChI is InChI=1S/C34H22O.C2H6/c35-28-18-17-24-20-27(16-14-25(24)21-28)34-31-11-5-3-9-29(31)33(30-10-4-6-12-32(30)34)26-15-13-22-7-1-2-8-23(22)19-26;1-2/h1-21,35H;1-2H3. The van der Waals surface area contributed by atoms with Gasteiger partial charge in [-0.25, -0.2) is 0 Å². The van der Waals surface area contributed by atoms with Crippen LogP contribution in [0.1, 0.15) is 13.8 Å². The summed E-state index contributed by atoms with van der Waals surface area (Å²) in [6, 6.07) is 44.9. The van der Waals surface area contributed by atoms with E-state index in [-0.39, 0.29) is 0 Å². The normalized spacial score (nSPS) is 11.1. The highest BCUT2D eigenvalue weighted by molar-refractivity contribution is 6.22. The van der Waals surface area contributed by atoms with E-state index in [4.69, 9.17) is 0 Å². The lowest BCUT2D eigenvalue weighted by molar-refractivity contribution is 0.476. The summed E-state index contributed by atoms with van der Waals surface area (Å²) in [5.74, 6) is 0.292. The van der Waals surface area contributed by atoms with E-state index in [1.165, 1.54) is 54.6 Å². The third-order valence-corrected chi connectivity index (χ3v) is 7.08. The molecule has 0 atom stereocenters. The zero-order valence-electron chi connectivity index (χ0n) is 21.1. The summed E-state index contributed by atoms with van der Waals surface area (Å²) >= 11 is 0. The smallest absolute Gasteiger partial charge is 0.116 e. The van der Waals surface area contributed by atoms with Gasteiger partial charge in [0.05, 0.1) is 0 Å². The van der Waals surface area contributed by atoms with Crippen molar-refractivity contribution < 1.29 is 5.11 Å². The molecule has 1 nitrogen and oxygen atoms in total. The molecule has 0 heterocycles. The van der Waals surface area contributed by atoms with Crippen LogP contribution in [0.2, 0.25) is 0 Å². The van der Waals surface area contributed by atoms with Crippen molar-refractivity contribution in [2.75, 3.05) is 0 Å². The van der Waals surface area contributed by atoms with E-state index >= 15 is 0 Å². The van der Waals surface area contributed by atoms with Gasteiger partial charge in [-0.05, 0) is 89.6 Å². The summed E-state index contributed by atoms with van der Waals surface area (Å²) in [5, 5.41) is 19.6. The monoisotopic (exact) mass is 476 g/mol. The Morgan fingerprint density at radius 1 is 0.378 bits per heavy atom. The van der Waals surface area contributed by atoms with Crippen LogP contribution in [0.5, 0.6) is 5.75 Å². The largest absolute Gasteiger partial charge is 0.508 e. The minimum absolute atomic E-state index is 0.292. The number of benzene rings is 7. The van der Waals surface area contributed by atoms with Crippen molar-refractivity contribution >= 4 is 43.1 Å². The van der Waals surface area contributed by atoms with E-state index in [0.29, 0.717) is 5.75 Å². The zero-order valence-corrected chi connectivity index (χ0v) is 21.1. The highest BCUT2D eigenvalue weighted by Crippen LogP contribution is 2.44. The van der Waals surface area contributed by atoms with Gasteiger partial charge in [-0.3, -0.25) is 0 Å². The maximum absolute atomic E-state index is 9.90. The highest BCUT2D eigenvalue weighted by Gasteiger charge is 2.16. The van der Waals surface area contributed by atoms with Crippen molar-refractivity contribution in [2.45, 2.75) is 13.8 Å². The number of phenolic OH excluding ortho intramolecular Hbond substituents is 1. The van der Waals surface area contributed by atoms with Gasteiger partial charge in [0.25, 0.3) is 0 Å². The van der Waals surface area contributed by atoms with Crippen LogP contribution in [0.3, 0.4) is 0 Å². The van der Waals surface area contributed by atoms with E-state index in [1.807, 2.05) is 26.0 Å². The van der Waals surface area contributed by atoms with Crippen molar-refractivity contribution in [1.82, 2.24) is 0 Å². The Morgan fingerprint density at radius 3 is 1.30 bits per heavy atom. The molecule has 0 bridgehead atoms. The summed E-state index contributed by atoms with van der Waals surface area (Å²) in [5.41, 5.74) is 4.93. The van der Waals surface area contributed by atoms with Gasteiger partial charge in [-0.15, -0.1) is 0 Å². The highest BCUT2D eigenvalue weighted by atomic mass is 16.3. The number of hydrogen-bond acceptors (Lipinski definition) is 1. The molecule has 0 aliphatic rings. The average molecular weight is 477 g/mol. The van der Waals surface area contributed by atoms with E-state index in [2.05, 4.69) is 109 Å². The van der Waals surface area contributed by atoms with Crippen LogP contribution in [-0.2, 0) is 0 Å². The maximum Gasteiger partial charge on any atom is 0.116 e. The van der Waals surface area contributed by atoms with E-state index in [9.17, 15) is 5.11 Å². The fourth-order valence-electron chi connectivity index (χ4n) is 5.48. The first-order valence-corrected chi connectivity index (χ1v) is 12.9. The minimum atomic E-state index is 0.292. The number of rotatable bonds is 2. The molecule has 0 unspecified atom stereocenters. The Bertz CT molecular complexity index is 1860. The van der Waals surface area contributed by atoms with Crippen molar-refractivity contribution in [2.24, 2.45) is 0 Å². The van der Waals surface area contributed by atoms with Crippen molar-refractivity contribution in [3.63, 3.8) is 0 Å². The molecule has 1 N–H and O–H groups in total. The molecule has 0 saturated heterocycles. The van der Waals surface area contributed by atoms with Gasteiger partial charge < -0.3 is 5.11 Å². The third kappa shape index (κ3) is 3.90. The van der Waals surface area contributed by atoms with Crippen molar-refractivity contribution in [3.8, 4) is 28.0 Å². The van der Waals surface area contributed by atoms with Gasteiger partial charge in [0.15, 0.2) is 0 Å². The number of hydrogen-bond donors (Lipinski definition) is 1. The molecule has 0 radical (unpaired) electrons. The van der Waals surface area contributed by atoms with Crippen LogP contribution in [0.25, 0.3) is 65.3 Å². The molecule has 0 aliphatic heterocycles. The van der Waals surface area contributed by atoms with Crippen LogP contribution in [0.15, 0.2) is 127 Å². The predicted molar refractivity (Wildman–Crippen MR) is 160 cm³/mol. The molecule has 0 aliphatic carbocycles. The third-order valence-electron chi connectivity index (χ3n) is 7.08. The molecule has 0 amide bonds. The molecule has 7 rings (SSSR count). The van der Waals surface area contributed by atoms with Gasteiger partial charge in [-0.2, -0.15) is 0 Å². The molecule has 0 spiro atoms. The van der Waals surface area contributed by atoms with Gasteiger partial charge in [0.1, 0.15) is 5.75 Å².